The number of rotatable bonds is 10. The summed E-state index contributed by atoms with van der Waals surface area (Å²) in [6.45, 7) is 12.0. The SMILES string of the molecule is CCCC(Cc1nc(C(C)(CC)OCC)no1)NCC. The molecule has 1 rings (SSSR count). The van der Waals surface area contributed by atoms with Crippen LogP contribution in [-0.2, 0) is 16.8 Å². The Bertz CT molecular complexity index is 375. The van der Waals surface area contributed by atoms with Gasteiger partial charge in [-0.15, -0.1) is 0 Å². The van der Waals surface area contributed by atoms with Crippen molar-refractivity contribution in [3.05, 3.63) is 11.7 Å². The van der Waals surface area contributed by atoms with Crippen molar-refractivity contribution in [2.24, 2.45) is 0 Å². The van der Waals surface area contributed by atoms with Gasteiger partial charge in [-0.25, -0.2) is 0 Å². The van der Waals surface area contributed by atoms with Gasteiger partial charge >= 0.3 is 0 Å². The van der Waals surface area contributed by atoms with E-state index in [0.29, 0.717) is 24.4 Å². The quantitative estimate of drug-likeness (QED) is 0.715. The average molecular weight is 283 g/mol. The highest BCUT2D eigenvalue weighted by Crippen LogP contribution is 2.26. The van der Waals surface area contributed by atoms with Crippen LogP contribution in [-0.4, -0.2) is 29.3 Å². The van der Waals surface area contributed by atoms with Gasteiger partial charge in [-0.3, -0.25) is 0 Å². The summed E-state index contributed by atoms with van der Waals surface area (Å²) in [4.78, 5) is 4.53. The maximum Gasteiger partial charge on any atom is 0.228 e. The van der Waals surface area contributed by atoms with Crippen molar-refractivity contribution < 1.29 is 9.26 Å². The lowest BCUT2D eigenvalue weighted by molar-refractivity contribution is -0.0403. The van der Waals surface area contributed by atoms with E-state index in [2.05, 4.69) is 36.2 Å². The van der Waals surface area contributed by atoms with Crippen LogP contribution in [0.2, 0.25) is 0 Å². The maximum absolute atomic E-state index is 5.78. The Labute approximate surface area is 122 Å². The van der Waals surface area contributed by atoms with Crippen LogP contribution in [0.25, 0.3) is 0 Å². The third-order valence-corrected chi connectivity index (χ3v) is 3.63. The first-order valence-electron chi connectivity index (χ1n) is 7.79. The summed E-state index contributed by atoms with van der Waals surface area (Å²) < 4.78 is 11.2. The predicted octanol–water partition coefficient (Wildman–Crippen LogP) is 3.05. The van der Waals surface area contributed by atoms with Crippen LogP contribution < -0.4 is 5.32 Å². The van der Waals surface area contributed by atoms with E-state index in [1.165, 1.54) is 0 Å². The van der Waals surface area contributed by atoms with Gasteiger partial charge in [0, 0.05) is 19.1 Å². The zero-order valence-corrected chi connectivity index (χ0v) is 13.5. The normalized spacial score (nSPS) is 16.1. The molecule has 2 atom stereocenters. The van der Waals surface area contributed by atoms with E-state index in [1.807, 2.05) is 13.8 Å². The van der Waals surface area contributed by atoms with Gasteiger partial charge in [0.25, 0.3) is 0 Å². The number of nitrogens with one attached hydrogen (secondary N) is 1. The van der Waals surface area contributed by atoms with Gasteiger partial charge in [0.05, 0.1) is 0 Å². The summed E-state index contributed by atoms with van der Waals surface area (Å²) >= 11 is 0. The van der Waals surface area contributed by atoms with Crippen molar-refractivity contribution in [3.63, 3.8) is 0 Å². The summed E-state index contributed by atoms with van der Waals surface area (Å²) in [5.74, 6) is 1.35. The zero-order valence-electron chi connectivity index (χ0n) is 13.5. The molecule has 1 heterocycles. The standard InChI is InChI=1S/C15H29N3O2/c1-6-10-12(16-8-3)11-13-17-14(18-20-13)15(5,7-2)19-9-4/h12,16H,6-11H2,1-5H3. The largest absolute Gasteiger partial charge is 0.367 e. The van der Waals surface area contributed by atoms with E-state index in [9.17, 15) is 0 Å². The minimum Gasteiger partial charge on any atom is -0.367 e. The Balaban J connectivity index is 2.75. The molecular formula is C15H29N3O2. The van der Waals surface area contributed by atoms with Gasteiger partial charge in [0.15, 0.2) is 0 Å². The fourth-order valence-corrected chi connectivity index (χ4v) is 2.32. The van der Waals surface area contributed by atoms with E-state index in [1.54, 1.807) is 0 Å². The second kappa shape index (κ2) is 8.37. The predicted molar refractivity (Wildman–Crippen MR) is 79.6 cm³/mol. The fourth-order valence-electron chi connectivity index (χ4n) is 2.32. The average Bonchev–Trinajstić information content (AvgIpc) is 2.88. The Morgan fingerprint density at radius 1 is 1.30 bits per heavy atom. The molecule has 116 valence electrons. The van der Waals surface area contributed by atoms with E-state index in [-0.39, 0.29) is 0 Å². The van der Waals surface area contributed by atoms with Crippen molar-refractivity contribution in [3.8, 4) is 0 Å². The lowest BCUT2D eigenvalue weighted by atomic mass is 10.0. The van der Waals surface area contributed by atoms with Crippen LogP contribution in [0.1, 0.15) is 65.6 Å². The molecule has 0 radical (unpaired) electrons. The van der Waals surface area contributed by atoms with E-state index < -0.39 is 5.60 Å². The number of nitrogens with zero attached hydrogens (tertiary/aromatic N) is 2. The first-order valence-corrected chi connectivity index (χ1v) is 7.79. The lowest BCUT2D eigenvalue weighted by Gasteiger charge is -2.23. The minimum atomic E-state index is -0.449. The van der Waals surface area contributed by atoms with Gasteiger partial charge < -0.3 is 14.6 Å². The molecule has 0 spiro atoms. The molecule has 0 fully saturated rings. The zero-order chi connectivity index (χ0) is 15.0. The third-order valence-electron chi connectivity index (χ3n) is 3.63. The summed E-state index contributed by atoms with van der Waals surface area (Å²) in [5.41, 5.74) is -0.449. The lowest BCUT2D eigenvalue weighted by Crippen LogP contribution is -2.31. The number of hydrogen-bond acceptors (Lipinski definition) is 5. The Kier molecular flexibility index (Phi) is 7.16. The van der Waals surface area contributed by atoms with Gasteiger partial charge in [-0.05, 0) is 33.2 Å². The number of likely N-dealkylation sites (N-methyl/N-ethyl adjacent to an activating group) is 1. The number of aromatic nitrogens is 2. The molecule has 0 bridgehead atoms. The van der Waals surface area contributed by atoms with Crippen LogP contribution in [0, 0.1) is 0 Å². The summed E-state index contributed by atoms with van der Waals surface area (Å²) in [5, 5.41) is 7.57. The molecule has 5 heteroatoms. The van der Waals surface area contributed by atoms with E-state index in [4.69, 9.17) is 9.26 Å². The molecule has 5 nitrogen and oxygen atoms in total. The van der Waals surface area contributed by atoms with Crippen molar-refractivity contribution in [1.29, 1.82) is 0 Å². The molecule has 1 N–H and O–H groups in total. The summed E-state index contributed by atoms with van der Waals surface area (Å²) in [7, 11) is 0. The maximum atomic E-state index is 5.78. The molecule has 20 heavy (non-hydrogen) atoms. The molecule has 0 saturated carbocycles. The first kappa shape index (κ1) is 17.1. The van der Waals surface area contributed by atoms with Crippen LogP contribution in [0.4, 0.5) is 0 Å². The van der Waals surface area contributed by atoms with Crippen LogP contribution in [0.15, 0.2) is 4.52 Å². The highest BCUT2D eigenvalue weighted by Gasteiger charge is 2.31. The van der Waals surface area contributed by atoms with Gasteiger partial charge in [0.2, 0.25) is 11.7 Å². The van der Waals surface area contributed by atoms with Crippen molar-refractivity contribution in [2.75, 3.05) is 13.2 Å². The molecule has 1 aromatic rings. The monoisotopic (exact) mass is 283 g/mol. The van der Waals surface area contributed by atoms with Crippen LogP contribution in [0.5, 0.6) is 0 Å². The number of ether oxygens (including phenoxy) is 1. The topological polar surface area (TPSA) is 60.2 Å². The van der Waals surface area contributed by atoms with E-state index in [0.717, 1.165) is 32.2 Å². The molecule has 0 aliphatic carbocycles. The first-order chi connectivity index (χ1) is 9.59. The van der Waals surface area contributed by atoms with Gasteiger partial charge in [0.1, 0.15) is 5.60 Å². The molecule has 0 aliphatic rings. The molecule has 2 unspecified atom stereocenters. The molecular weight excluding hydrogens is 254 g/mol. The Hall–Kier alpha value is -0.940. The molecule has 0 saturated heterocycles. The summed E-state index contributed by atoms with van der Waals surface area (Å²) in [6.07, 6.45) is 3.86. The van der Waals surface area contributed by atoms with E-state index >= 15 is 0 Å². The smallest absolute Gasteiger partial charge is 0.228 e. The minimum absolute atomic E-state index is 0.401. The highest BCUT2D eigenvalue weighted by molar-refractivity contribution is 5.00. The number of hydrogen-bond donors (Lipinski definition) is 1. The van der Waals surface area contributed by atoms with Crippen LogP contribution >= 0.6 is 0 Å². The van der Waals surface area contributed by atoms with Gasteiger partial charge in [-0.2, -0.15) is 4.98 Å². The molecule has 1 aromatic heterocycles. The molecule has 0 aromatic carbocycles. The van der Waals surface area contributed by atoms with Crippen molar-refractivity contribution in [1.82, 2.24) is 15.5 Å². The Morgan fingerprint density at radius 3 is 2.60 bits per heavy atom. The second-order valence-electron chi connectivity index (χ2n) is 5.28. The fraction of sp³-hybridized carbons (Fsp3) is 0.867. The highest BCUT2D eigenvalue weighted by atomic mass is 16.5. The summed E-state index contributed by atoms with van der Waals surface area (Å²) in [6, 6.07) is 0.401. The second-order valence-corrected chi connectivity index (χ2v) is 5.28. The Morgan fingerprint density at radius 2 is 2.05 bits per heavy atom. The third kappa shape index (κ3) is 4.56. The molecule has 0 aliphatic heterocycles. The van der Waals surface area contributed by atoms with Gasteiger partial charge in [-0.1, -0.05) is 32.3 Å². The van der Waals surface area contributed by atoms with Crippen LogP contribution in [0.3, 0.4) is 0 Å². The van der Waals surface area contributed by atoms with Crippen molar-refractivity contribution >= 4 is 0 Å². The van der Waals surface area contributed by atoms with Crippen molar-refractivity contribution in [2.45, 2.75) is 71.9 Å². The molecule has 0 amide bonds.